The number of carbonyl (C=O) groups is 2. The Morgan fingerprint density at radius 2 is 1.86 bits per heavy atom. The molecule has 11 heteroatoms. The number of nitrogens with zero attached hydrogens (tertiary/aromatic N) is 2. The molecule has 8 nitrogen and oxygen atoms in total. The molecule has 0 radical (unpaired) electrons. The van der Waals surface area contributed by atoms with Gasteiger partial charge in [-0.25, -0.2) is 4.21 Å². The van der Waals surface area contributed by atoms with E-state index in [4.69, 9.17) is 23.2 Å². The minimum atomic E-state index is -2.26. The summed E-state index contributed by atoms with van der Waals surface area (Å²) in [4.78, 5) is 25.2. The molecule has 1 aliphatic carbocycles. The number of carbonyl (C=O) groups excluding carboxylic acids is 1. The van der Waals surface area contributed by atoms with E-state index in [0.717, 1.165) is 16.7 Å². The summed E-state index contributed by atoms with van der Waals surface area (Å²) in [6, 6.07) is 23.5. The van der Waals surface area contributed by atoms with Gasteiger partial charge in [0.15, 0.2) is 0 Å². The van der Waals surface area contributed by atoms with Crippen LogP contribution in [0, 0.1) is 22.7 Å². The monoisotopic (exact) mass is 653 g/mol. The van der Waals surface area contributed by atoms with Gasteiger partial charge in [0, 0.05) is 34.6 Å². The molecule has 1 amide bonds. The van der Waals surface area contributed by atoms with Crippen molar-refractivity contribution < 1.29 is 23.5 Å². The Balaban J connectivity index is 1.46. The number of aliphatic carboxylic acids is 1. The third kappa shape index (κ3) is 7.33. The van der Waals surface area contributed by atoms with Gasteiger partial charge >= 0.3 is 5.97 Å². The average Bonchev–Trinajstić information content (AvgIpc) is 3.76. The number of nitriles is 1. The molecule has 1 saturated carbocycles. The lowest BCUT2D eigenvalue weighted by Crippen LogP contribution is -2.54. The fraction of sp³-hybridized carbons (Fsp3) is 0.364. The van der Waals surface area contributed by atoms with Crippen molar-refractivity contribution in [1.29, 1.82) is 5.26 Å². The van der Waals surface area contributed by atoms with Crippen molar-refractivity contribution in [1.82, 2.24) is 9.62 Å². The summed E-state index contributed by atoms with van der Waals surface area (Å²) in [6.45, 7) is 1.89. The predicted octanol–water partition coefficient (Wildman–Crippen LogP) is 6.52. The van der Waals surface area contributed by atoms with Gasteiger partial charge < -0.3 is 10.4 Å². The van der Waals surface area contributed by atoms with E-state index in [0.29, 0.717) is 34.9 Å². The summed E-state index contributed by atoms with van der Waals surface area (Å²) in [5, 5.41) is 23.2. The second-order valence-corrected chi connectivity index (χ2v) is 13.9. The molecule has 44 heavy (non-hydrogen) atoms. The minimum absolute atomic E-state index is 0.00401. The number of nitrogens with one attached hydrogen (secondary N) is 1. The number of carboxylic acids is 1. The summed E-state index contributed by atoms with van der Waals surface area (Å²) in [7, 11) is 0. The van der Waals surface area contributed by atoms with Crippen LogP contribution in [0.1, 0.15) is 66.7 Å². The largest absolute Gasteiger partial charge is 0.481 e. The van der Waals surface area contributed by atoms with Crippen LogP contribution in [0.15, 0.2) is 72.8 Å². The Labute approximate surface area is 269 Å². The SMILES string of the molecule is CC1(CC(=O)O)CC(c2cccc(Cl)c2)C(CC(c2ccc(Cl)cc2)C2CC2N(Cc2cccc(C#N)c2)S(=O)O)NC1=O. The Kier molecular flexibility index (Phi) is 9.78. The predicted molar refractivity (Wildman–Crippen MR) is 169 cm³/mol. The first-order chi connectivity index (χ1) is 21.0. The molecule has 0 bridgehead atoms. The van der Waals surface area contributed by atoms with E-state index in [-0.39, 0.29) is 48.7 Å². The Bertz CT molecular complexity index is 1610. The van der Waals surface area contributed by atoms with Gasteiger partial charge in [0.1, 0.15) is 0 Å². The summed E-state index contributed by atoms with van der Waals surface area (Å²) < 4.78 is 24.4. The molecule has 3 N–H and O–H groups in total. The van der Waals surface area contributed by atoms with Crippen molar-refractivity contribution in [3.05, 3.63) is 105 Å². The van der Waals surface area contributed by atoms with Crippen molar-refractivity contribution in [2.45, 2.75) is 63.1 Å². The van der Waals surface area contributed by atoms with Gasteiger partial charge in [0.25, 0.3) is 0 Å². The van der Waals surface area contributed by atoms with Crippen LogP contribution in [-0.2, 0) is 27.4 Å². The molecule has 0 spiro atoms. The van der Waals surface area contributed by atoms with Crippen molar-refractivity contribution in [3.63, 3.8) is 0 Å². The summed E-state index contributed by atoms with van der Waals surface area (Å²) >= 11 is 10.3. The molecule has 1 aliphatic heterocycles. The molecule has 230 valence electrons. The zero-order valence-corrected chi connectivity index (χ0v) is 26.4. The highest BCUT2D eigenvalue weighted by Gasteiger charge is 2.52. The highest BCUT2D eigenvalue weighted by Crippen LogP contribution is 2.51. The average molecular weight is 655 g/mol. The first-order valence-electron chi connectivity index (χ1n) is 14.4. The van der Waals surface area contributed by atoms with Gasteiger partial charge in [-0.15, -0.1) is 0 Å². The number of carboxylic acid groups (broad SMARTS) is 1. The normalized spacial score (nSPS) is 26.0. The standard InChI is InChI=1S/C33H33Cl2N3O5S/c1-33(17-31(39)40)16-28(23-6-3-7-25(35)13-23)29(37-32(33)41)14-26(22-8-10-24(34)11-9-22)27-15-30(27)38(44(42)43)19-21-5-2-4-20(12-21)18-36/h2-13,26-30H,14-17,19H2,1H3,(H,37,41)(H,39,40)(H,42,43). The number of amides is 1. The van der Waals surface area contributed by atoms with Crippen molar-refractivity contribution in [2.75, 3.05) is 0 Å². The Hall–Kier alpha value is -3.26. The van der Waals surface area contributed by atoms with Gasteiger partial charge in [-0.1, -0.05) is 66.5 Å². The van der Waals surface area contributed by atoms with Crippen LogP contribution in [0.4, 0.5) is 0 Å². The topological polar surface area (TPSA) is 131 Å². The number of hydrogen-bond acceptors (Lipinski definition) is 4. The quantitative estimate of drug-likeness (QED) is 0.202. The van der Waals surface area contributed by atoms with E-state index < -0.39 is 22.7 Å². The van der Waals surface area contributed by atoms with Gasteiger partial charge in [-0.3, -0.25) is 14.1 Å². The third-order valence-corrected chi connectivity index (χ3v) is 10.2. The highest BCUT2D eigenvalue weighted by atomic mass is 35.5. The van der Waals surface area contributed by atoms with Gasteiger partial charge in [0.2, 0.25) is 17.2 Å². The van der Waals surface area contributed by atoms with Crippen LogP contribution < -0.4 is 5.32 Å². The van der Waals surface area contributed by atoms with Crippen molar-refractivity contribution >= 4 is 46.3 Å². The molecular formula is C33H33Cl2N3O5S. The second kappa shape index (κ2) is 13.4. The molecule has 1 saturated heterocycles. The van der Waals surface area contributed by atoms with E-state index >= 15 is 0 Å². The van der Waals surface area contributed by atoms with E-state index in [2.05, 4.69) is 11.4 Å². The van der Waals surface area contributed by atoms with Gasteiger partial charge in [-0.05, 0) is 84.2 Å². The fourth-order valence-electron chi connectivity index (χ4n) is 6.67. The van der Waals surface area contributed by atoms with Crippen LogP contribution in [-0.4, -0.2) is 42.1 Å². The summed E-state index contributed by atoms with van der Waals surface area (Å²) in [6.07, 6.45) is 1.22. The number of halogens is 2. The fourth-order valence-corrected chi connectivity index (χ4v) is 7.73. The van der Waals surface area contributed by atoms with Crippen LogP contribution in [0.25, 0.3) is 0 Å². The highest BCUT2D eigenvalue weighted by molar-refractivity contribution is 7.76. The molecule has 2 fully saturated rings. The Morgan fingerprint density at radius 1 is 1.14 bits per heavy atom. The maximum atomic E-state index is 13.4. The van der Waals surface area contributed by atoms with Gasteiger partial charge in [-0.2, -0.15) is 9.57 Å². The first-order valence-corrected chi connectivity index (χ1v) is 16.2. The van der Waals surface area contributed by atoms with Gasteiger partial charge in [0.05, 0.1) is 23.5 Å². The van der Waals surface area contributed by atoms with Crippen LogP contribution in [0.2, 0.25) is 10.0 Å². The van der Waals surface area contributed by atoms with Crippen LogP contribution >= 0.6 is 23.2 Å². The van der Waals surface area contributed by atoms with E-state index in [1.165, 1.54) is 0 Å². The number of hydrogen-bond donors (Lipinski definition) is 3. The van der Waals surface area contributed by atoms with E-state index in [1.807, 2.05) is 48.5 Å². The lowest BCUT2D eigenvalue weighted by molar-refractivity contribution is -0.147. The molecule has 3 aromatic rings. The maximum Gasteiger partial charge on any atom is 0.304 e. The molecule has 7 atom stereocenters. The summed E-state index contributed by atoms with van der Waals surface area (Å²) in [5.41, 5.74) is 2.05. The molecule has 0 aromatic heterocycles. The number of piperidine rings is 1. The lowest BCUT2D eigenvalue weighted by Gasteiger charge is -2.43. The van der Waals surface area contributed by atoms with Crippen LogP contribution in [0.3, 0.4) is 0 Å². The molecule has 3 aromatic carbocycles. The molecule has 1 heterocycles. The number of benzene rings is 3. The molecule has 2 aliphatic rings. The zero-order chi connectivity index (χ0) is 31.6. The molecular weight excluding hydrogens is 621 g/mol. The molecule has 7 unspecified atom stereocenters. The van der Waals surface area contributed by atoms with E-state index in [1.54, 1.807) is 35.5 Å². The maximum absolute atomic E-state index is 13.4. The van der Waals surface area contributed by atoms with Crippen molar-refractivity contribution in [3.8, 4) is 6.07 Å². The van der Waals surface area contributed by atoms with Crippen LogP contribution in [0.5, 0.6) is 0 Å². The lowest BCUT2D eigenvalue weighted by atomic mass is 9.68. The zero-order valence-electron chi connectivity index (χ0n) is 24.0. The molecule has 5 rings (SSSR count). The minimum Gasteiger partial charge on any atom is -0.481 e. The smallest absolute Gasteiger partial charge is 0.304 e. The number of rotatable bonds is 11. The second-order valence-electron chi connectivity index (χ2n) is 12.1. The van der Waals surface area contributed by atoms with E-state index in [9.17, 15) is 28.7 Å². The first kappa shape index (κ1) is 32.1. The Morgan fingerprint density at radius 3 is 2.52 bits per heavy atom. The summed E-state index contributed by atoms with van der Waals surface area (Å²) in [5.74, 6) is -1.66. The van der Waals surface area contributed by atoms with Crippen molar-refractivity contribution in [2.24, 2.45) is 11.3 Å². The third-order valence-electron chi connectivity index (χ3n) is 8.93.